The van der Waals surface area contributed by atoms with Crippen LogP contribution in [0, 0.1) is 0 Å². The highest BCUT2D eigenvalue weighted by Crippen LogP contribution is 2.47. The fraction of sp³-hybridized carbons (Fsp3) is 0.500. The summed E-state index contributed by atoms with van der Waals surface area (Å²) in [6.07, 6.45) is 3.54. The summed E-state index contributed by atoms with van der Waals surface area (Å²) in [7, 11) is 0. The number of nitrogens with zero attached hydrogens (tertiary/aromatic N) is 5. The van der Waals surface area contributed by atoms with Crippen LogP contribution >= 0.6 is 0 Å². The minimum absolute atomic E-state index is 0.181. The fourth-order valence-electron chi connectivity index (χ4n) is 3.42. The van der Waals surface area contributed by atoms with Crippen molar-refractivity contribution in [3.05, 3.63) is 42.2 Å². The van der Waals surface area contributed by atoms with Crippen molar-refractivity contribution in [1.29, 1.82) is 0 Å². The number of nitrogens with one attached hydrogen (secondary N) is 1. The molecule has 0 atom stereocenters. The molecule has 4 rings (SSSR count). The van der Waals surface area contributed by atoms with E-state index >= 15 is 0 Å². The lowest BCUT2D eigenvalue weighted by Crippen LogP contribution is -2.54. The Labute approximate surface area is 164 Å². The number of likely N-dealkylation sites (tertiary alicyclic amines) is 1. The molecule has 2 aromatic heterocycles. The molecule has 0 aromatic carbocycles. The van der Waals surface area contributed by atoms with Gasteiger partial charge in [-0.2, -0.15) is 13.2 Å². The lowest BCUT2D eigenvalue weighted by atomic mass is 9.90. The zero-order chi connectivity index (χ0) is 20.7. The minimum Gasteiger partial charge on any atom is -0.380 e. The Bertz CT molecular complexity index is 879. The molecule has 1 saturated carbocycles. The topological polar surface area (TPSA) is 104 Å². The highest BCUT2D eigenvalue weighted by atomic mass is 19.4. The molecule has 0 spiro atoms. The summed E-state index contributed by atoms with van der Waals surface area (Å²) in [6.45, 7) is -0.377. The van der Waals surface area contributed by atoms with Crippen LogP contribution in [0.3, 0.4) is 0 Å². The molecule has 1 aliphatic heterocycles. The number of amides is 1. The number of halogens is 3. The lowest BCUT2D eigenvalue weighted by molar-refractivity contribution is -0.271. The van der Waals surface area contributed by atoms with Crippen LogP contribution in [-0.4, -0.2) is 60.7 Å². The smallest absolute Gasteiger partial charge is 0.380 e. The molecule has 0 unspecified atom stereocenters. The summed E-state index contributed by atoms with van der Waals surface area (Å²) in [4.78, 5) is 30.2. The molecule has 154 valence electrons. The first-order valence-electron chi connectivity index (χ1n) is 9.17. The molecule has 3 heterocycles. The van der Waals surface area contributed by atoms with Gasteiger partial charge in [-0.1, -0.05) is 0 Å². The molecule has 1 aliphatic carbocycles. The largest absolute Gasteiger partial charge is 0.417 e. The Hall–Kier alpha value is -2.82. The van der Waals surface area contributed by atoms with Gasteiger partial charge < -0.3 is 15.3 Å². The van der Waals surface area contributed by atoms with Crippen LogP contribution in [0.4, 0.5) is 19.1 Å². The van der Waals surface area contributed by atoms with E-state index in [0.717, 1.165) is 18.4 Å². The van der Waals surface area contributed by atoms with Gasteiger partial charge in [-0.05, 0) is 12.8 Å². The second-order valence-corrected chi connectivity index (χ2v) is 7.45. The van der Waals surface area contributed by atoms with Crippen LogP contribution in [0.2, 0.25) is 0 Å². The van der Waals surface area contributed by atoms with E-state index in [9.17, 15) is 23.1 Å². The van der Waals surface area contributed by atoms with Crippen LogP contribution in [0.1, 0.15) is 41.6 Å². The molecule has 0 radical (unpaired) electrons. The molecule has 8 nitrogen and oxygen atoms in total. The molecular formula is C18H19F3N6O2. The van der Waals surface area contributed by atoms with Crippen molar-refractivity contribution in [2.45, 2.75) is 43.0 Å². The van der Waals surface area contributed by atoms with Gasteiger partial charge in [0.05, 0.1) is 11.1 Å². The second-order valence-electron chi connectivity index (χ2n) is 7.45. The van der Waals surface area contributed by atoms with Crippen molar-refractivity contribution in [3.63, 3.8) is 0 Å². The van der Waals surface area contributed by atoms with Crippen LogP contribution in [0.15, 0.2) is 31.1 Å². The van der Waals surface area contributed by atoms with E-state index in [1.54, 1.807) is 12.4 Å². The van der Waals surface area contributed by atoms with E-state index in [2.05, 4.69) is 25.3 Å². The third kappa shape index (κ3) is 3.74. The van der Waals surface area contributed by atoms with E-state index in [-0.39, 0.29) is 24.2 Å². The molecule has 2 aliphatic rings. The van der Waals surface area contributed by atoms with Crippen LogP contribution in [0.5, 0.6) is 0 Å². The van der Waals surface area contributed by atoms with Gasteiger partial charge in [-0.25, -0.2) is 19.9 Å². The van der Waals surface area contributed by atoms with Crippen molar-refractivity contribution in [2.24, 2.45) is 0 Å². The van der Waals surface area contributed by atoms with Gasteiger partial charge in [-0.15, -0.1) is 0 Å². The number of aliphatic hydroxyl groups is 1. The number of carbonyl (C=O) groups excluding carboxylic acids is 1. The molecule has 11 heteroatoms. The van der Waals surface area contributed by atoms with Gasteiger partial charge in [0.1, 0.15) is 6.33 Å². The number of carbonyl (C=O) groups is 1. The number of rotatable bonds is 4. The fourth-order valence-corrected chi connectivity index (χ4v) is 3.42. The maximum Gasteiger partial charge on any atom is 0.417 e. The van der Waals surface area contributed by atoms with Crippen LogP contribution in [0.25, 0.3) is 0 Å². The molecule has 2 N–H and O–H groups in total. The monoisotopic (exact) mass is 408 g/mol. The third-order valence-electron chi connectivity index (χ3n) is 5.52. The van der Waals surface area contributed by atoms with E-state index in [1.807, 2.05) is 0 Å². The number of hydrogen-bond acceptors (Lipinski definition) is 7. The summed E-state index contributed by atoms with van der Waals surface area (Å²) < 4.78 is 38.7. The summed E-state index contributed by atoms with van der Waals surface area (Å²) in [5.74, 6) is -0.119. The predicted octanol–water partition coefficient (Wildman–Crippen LogP) is 1.90. The van der Waals surface area contributed by atoms with Crippen LogP contribution in [-0.2, 0) is 5.54 Å². The highest BCUT2D eigenvalue weighted by Gasteiger charge is 2.55. The zero-order valence-electron chi connectivity index (χ0n) is 15.4. The Morgan fingerprint density at radius 3 is 2.14 bits per heavy atom. The maximum atomic E-state index is 12.9. The molecule has 2 aromatic rings. The number of alkyl halides is 3. The normalized spacial score (nSPS) is 20.2. The van der Waals surface area contributed by atoms with Gasteiger partial charge in [0.25, 0.3) is 5.91 Å². The number of hydrogen-bond donors (Lipinski definition) is 2. The quantitative estimate of drug-likeness (QED) is 0.796. The summed E-state index contributed by atoms with van der Waals surface area (Å²) in [5.41, 5.74) is -1.95. The second kappa shape index (κ2) is 6.90. The Morgan fingerprint density at radius 2 is 1.62 bits per heavy atom. The number of aromatic nitrogens is 4. The average molecular weight is 408 g/mol. The van der Waals surface area contributed by atoms with Gasteiger partial charge in [0.15, 0.2) is 5.60 Å². The highest BCUT2D eigenvalue weighted by molar-refractivity contribution is 5.93. The van der Waals surface area contributed by atoms with Crippen molar-refractivity contribution >= 4 is 11.9 Å². The molecule has 0 bridgehead atoms. The summed E-state index contributed by atoms with van der Waals surface area (Å²) in [6, 6.07) is 0. The molecule has 1 saturated heterocycles. The van der Waals surface area contributed by atoms with Gasteiger partial charge in [-0.3, -0.25) is 4.79 Å². The van der Waals surface area contributed by atoms with Gasteiger partial charge >= 0.3 is 6.18 Å². The third-order valence-corrected chi connectivity index (χ3v) is 5.52. The Kier molecular flexibility index (Phi) is 4.64. The standard InChI is InChI=1S/C18H19F3N6O2/c19-18(20,21)17(29)3-5-27(6-4-17)14(28)12-7-24-15(25-8-12)26-16(1-2-16)13-9-22-11-23-10-13/h7-11,29H,1-6H2,(H,24,25,26). The maximum absolute atomic E-state index is 12.9. The zero-order valence-corrected chi connectivity index (χ0v) is 15.4. The minimum atomic E-state index is -4.71. The molecule has 2 fully saturated rings. The van der Waals surface area contributed by atoms with E-state index in [1.165, 1.54) is 23.6 Å². The van der Waals surface area contributed by atoms with Crippen LogP contribution < -0.4 is 5.32 Å². The molecule has 29 heavy (non-hydrogen) atoms. The molecule has 1 amide bonds. The molecular weight excluding hydrogens is 389 g/mol. The summed E-state index contributed by atoms with van der Waals surface area (Å²) >= 11 is 0. The predicted molar refractivity (Wildman–Crippen MR) is 94.7 cm³/mol. The number of piperidine rings is 1. The van der Waals surface area contributed by atoms with Crippen molar-refractivity contribution in [2.75, 3.05) is 18.4 Å². The first kappa shape index (κ1) is 19.5. The SMILES string of the molecule is O=C(c1cnc(NC2(c3cncnc3)CC2)nc1)N1CCC(O)(C(F)(F)F)CC1. The van der Waals surface area contributed by atoms with Gasteiger partial charge in [0.2, 0.25) is 5.95 Å². The Balaban J connectivity index is 1.39. The Morgan fingerprint density at radius 1 is 1.03 bits per heavy atom. The van der Waals surface area contributed by atoms with Crippen molar-refractivity contribution in [3.8, 4) is 0 Å². The van der Waals surface area contributed by atoms with Crippen molar-refractivity contribution in [1.82, 2.24) is 24.8 Å². The van der Waals surface area contributed by atoms with E-state index in [0.29, 0.717) is 5.95 Å². The lowest BCUT2D eigenvalue weighted by Gasteiger charge is -2.39. The van der Waals surface area contributed by atoms with E-state index < -0.39 is 30.5 Å². The first-order valence-corrected chi connectivity index (χ1v) is 9.17. The average Bonchev–Trinajstić information content (AvgIpc) is 3.49. The first-order chi connectivity index (χ1) is 13.7. The number of anilines is 1. The van der Waals surface area contributed by atoms with Gasteiger partial charge in [0, 0.05) is 56.3 Å². The van der Waals surface area contributed by atoms with Crippen molar-refractivity contribution < 1.29 is 23.1 Å². The van der Waals surface area contributed by atoms with E-state index in [4.69, 9.17) is 0 Å². The summed E-state index contributed by atoms with van der Waals surface area (Å²) in [5, 5.41) is 13.0.